The van der Waals surface area contributed by atoms with Crippen molar-refractivity contribution in [2.24, 2.45) is 14.1 Å². The summed E-state index contributed by atoms with van der Waals surface area (Å²) in [7, 11) is 3.17. The normalized spacial score (nSPS) is 14.8. The van der Waals surface area contributed by atoms with E-state index in [1.165, 1.54) is 47.3 Å². The predicted molar refractivity (Wildman–Crippen MR) is 112 cm³/mol. The minimum absolute atomic E-state index is 0.308. The van der Waals surface area contributed by atoms with Crippen molar-refractivity contribution in [3.63, 3.8) is 0 Å². The van der Waals surface area contributed by atoms with Crippen molar-refractivity contribution >= 4 is 22.8 Å². The summed E-state index contributed by atoms with van der Waals surface area (Å²) >= 11 is 1.54. The maximum Gasteiger partial charge on any atom is 0.332 e. The van der Waals surface area contributed by atoms with Gasteiger partial charge in [0.25, 0.3) is 5.56 Å². The molecule has 0 aliphatic heterocycles. The molecule has 0 spiro atoms. The Morgan fingerprint density at radius 1 is 1.04 bits per heavy atom. The molecule has 0 unspecified atom stereocenters. The summed E-state index contributed by atoms with van der Waals surface area (Å²) in [5, 5.41) is 1.10. The summed E-state index contributed by atoms with van der Waals surface area (Å²) < 4.78 is 2.60. The zero-order valence-corrected chi connectivity index (χ0v) is 17.3. The lowest BCUT2D eigenvalue weighted by Crippen LogP contribution is -2.38. The minimum atomic E-state index is -0.358. The highest BCUT2D eigenvalue weighted by atomic mass is 32.2. The van der Waals surface area contributed by atoms with Gasteiger partial charge in [-0.2, -0.15) is 0 Å². The van der Waals surface area contributed by atoms with Gasteiger partial charge in [-0.15, -0.1) is 11.8 Å². The van der Waals surface area contributed by atoms with Crippen LogP contribution in [0.5, 0.6) is 0 Å². The van der Waals surface area contributed by atoms with Crippen LogP contribution in [0.2, 0.25) is 0 Å². The van der Waals surface area contributed by atoms with E-state index in [1.54, 1.807) is 7.05 Å². The molecule has 1 saturated carbocycles. The third-order valence-corrected chi connectivity index (χ3v) is 6.55. The van der Waals surface area contributed by atoms with Crippen LogP contribution in [0, 0.1) is 6.92 Å². The van der Waals surface area contributed by atoms with E-state index in [-0.39, 0.29) is 11.2 Å². The summed E-state index contributed by atoms with van der Waals surface area (Å²) in [6.45, 7) is 2.06. The molecule has 1 fully saturated rings. The van der Waals surface area contributed by atoms with Crippen LogP contribution >= 0.6 is 11.8 Å². The summed E-state index contributed by atoms with van der Waals surface area (Å²) in [4.78, 5) is 34.8. The largest absolute Gasteiger partial charge is 0.332 e. The molecule has 0 radical (unpaired) electrons. The number of aryl methyl sites for hydroxylation is 2. The molecular formula is C21H24N4O2S. The monoisotopic (exact) mass is 396 g/mol. The molecule has 0 saturated heterocycles. The van der Waals surface area contributed by atoms with Crippen LogP contribution in [0.3, 0.4) is 0 Å². The van der Waals surface area contributed by atoms with E-state index in [9.17, 15) is 9.59 Å². The van der Waals surface area contributed by atoms with Gasteiger partial charge in [-0.05, 0) is 25.3 Å². The van der Waals surface area contributed by atoms with Crippen LogP contribution in [-0.4, -0.2) is 19.1 Å². The van der Waals surface area contributed by atoms with Gasteiger partial charge in [0, 0.05) is 25.8 Å². The quantitative estimate of drug-likeness (QED) is 0.500. The number of thioether (sulfide) groups is 1. The Bertz CT molecular complexity index is 1140. The van der Waals surface area contributed by atoms with Crippen molar-refractivity contribution in [2.45, 2.75) is 49.3 Å². The van der Waals surface area contributed by atoms with Crippen LogP contribution in [0.15, 0.2) is 38.9 Å². The molecule has 0 atom stereocenters. The smallest absolute Gasteiger partial charge is 0.280 e. The van der Waals surface area contributed by atoms with E-state index in [1.807, 2.05) is 0 Å². The van der Waals surface area contributed by atoms with E-state index >= 15 is 0 Å². The van der Waals surface area contributed by atoms with Gasteiger partial charge in [-0.3, -0.25) is 13.9 Å². The average molecular weight is 397 g/mol. The fourth-order valence-corrected chi connectivity index (χ4v) is 4.73. The van der Waals surface area contributed by atoms with Crippen molar-refractivity contribution < 1.29 is 0 Å². The lowest BCUT2D eigenvalue weighted by Gasteiger charge is -2.14. The van der Waals surface area contributed by atoms with Crippen molar-refractivity contribution in [3.05, 3.63) is 62.1 Å². The first kappa shape index (κ1) is 18.9. The molecule has 2 heterocycles. The van der Waals surface area contributed by atoms with Gasteiger partial charge in [-0.25, -0.2) is 14.8 Å². The van der Waals surface area contributed by atoms with Gasteiger partial charge in [0.05, 0.1) is 0 Å². The van der Waals surface area contributed by atoms with E-state index in [0.717, 1.165) is 23.2 Å². The zero-order valence-electron chi connectivity index (χ0n) is 16.4. The summed E-state index contributed by atoms with van der Waals surface area (Å²) in [5.41, 5.74) is 2.14. The Hall–Kier alpha value is -2.41. The second kappa shape index (κ2) is 7.54. The Morgan fingerprint density at radius 3 is 2.39 bits per heavy atom. The van der Waals surface area contributed by atoms with Crippen molar-refractivity contribution in [1.29, 1.82) is 0 Å². The molecule has 146 valence electrons. The van der Waals surface area contributed by atoms with Crippen LogP contribution in [-0.2, 0) is 19.8 Å². The molecule has 0 N–H and O–H groups in total. The van der Waals surface area contributed by atoms with Crippen molar-refractivity contribution in [2.75, 3.05) is 0 Å². The minimum Gasteiger partial charge on any atom is -0.280 e. The lowest BCUT2D eigenvalue weighted by atomic mass is 10.1. The molecule has 1 aliphatic rings. The molecule has 2 aromatic heterocycles. The number of hydrogen-bond acceptors (Lipinski definition) is 5. The predicted octanol–water partition coefficient (Wildman–Crippen LogP) is 3.29. The van der Waals surface area contributed by atoms with E-state index in [0.29, 0.717) is 27.7 Å². The topological polar surface area (TPSA) is 69.8 Å². The molecule has 3 aromatic rings. The molecule has 0 amide bonds. The average Bonchev–Trinajstić information content (AvgIpc) is 3.24. The number of rotatable bonds is 4. The Morgan fingerprint density at radius 2 is 1.71 bits per heavy atom. The fraction of sp³-hybridized carbons (Fsp3) is 0.429. The maximum atomic E-state index is 12.9. The third kappa shape index (κ3) is 3.39. The number of nitrogens with zero attached hydrogens (tertiary/aromatic N) is 4. The molecule has 1 aliphatic carbocycles. The van der Waals surface area contributed by atoms with E-state index in [2.05, 4.69) is 36.2 Å². The van der Waals surface area contributed by atoms with Crippen LogP contribution in [0.4, 0.5) is 0 Å². The molecule has 7 heteroatoms. The lowest BCUT2D eigenvalue weighted by molar-refractivity contribution is 0.648. The Kier molecular flexibility index (Phi) is 5.10. The molecular weight excluding hydrogens is 372 g/mol. The highest BCUT2D eigenvalue weighted by molar-refractivity contribution is 7.98. The first-order valence-electron chi connectivity index (χ1n) is 9.61. The first-order valence-corrected chi connectivity index (χ1v) is 10.6. The molecule has 4 rings (SSSR count). The number of fused-ring (bicyclic) bond motifs is 1. The third-order valence-electron chi connectivity index (χ3n) is 5.50. The maximum absolute atomic E-state index is 12.9. The van der Waals surface area contributed by atoms with Gasteiger partial charge in [-0.1, -0.05) is 42.7 Å². The summed E-state index contributed by atoms with van der Waals surface area (Å²) in [6.07, 6.45) is 4.47. The number of aromatic nitrogens is 4. The van der Waals surface area contributed by atoms with Gasteiger partial charge >= 0.3 is 5.69 Å². The highest BCUT2D eigenvalue weighted by Crippen LogP contribution is 2.34. The van der Waals surface area contributed by atoms with Crippen LogP contribution < -0.4 is 11.2 Å². The molecule has 28 heavy (non-hydrogen) atoms. The number of hydrogen-bond donors (Lipinski definition) is 0. The van der Waals surface area contributed by atoms with Crippen LogP contribution in [0.1, 0.15) is 48.6 Å². The van der Waals surface area contributed by atoms with Crippen molar-refractivity contribution in [3.8, 4) is 0 Å². The molecule has 6 nitrogen and oxygen atoms in total. The molecule has 1 aromatic carbocycles. The SMILES string of the molecule is Cc1ccc(CSc2nc(C3CCCC3)nc3c2c(=O)n(C)c(=O)n3C)cc1. The van der Waals surface area contributed by atoms with Gasteiger partial charge in [0.1, 0.15) is 16.2 Å². The van der Waals surface area contributed by atoms with E-state index in [4.69, 9.17) is 4.98 Å². The fourth-order valence-electron chi connectivity index (χ4n) is 3.75. The summed E-state index contributed by atoms with van der Waals surface area (Å²) in [6, 6.07) is 8.36. The standard InChI is InChI=1S/C21H24N4O2S/c1-13-8-10-14(11-9-13)12-28-19-16-18(24(2)21(27)25(3)20(16)26)22-17(23-19)15-6-4-5-7-15/h8-11,15H,4-7,12H2,1-3H3. The Labute approximate surface area is 167 Å². The highest BCUT2D eigenvalue weighted by Gasteiger charge is 2.24. The second-order valence-electron chi connectivity index (χ2n) is 7.55. The van der Waals surface area contributed by atoms with Gasteiger partial charge in [0.2, 0.25) is 0 Å². The van der Waals surface area contributed by atoms with E-state index < -0.39 is 0 Å². The number of benzene rings is 1. The van der Waals surface area contributed by atoms with Gasteiger partial charge < -0.3 is 0 Å². The summed E-state index contributed by atoms with van der Waals surface area (Å²) in [5.74, 6) is 1.78. The zero-order chi connectivity index (χ0) is 19.8. The van der Waals surface area contributed by atoms with Crippen LogP contribution in [0.25, 0.3) is 11.0 Å². The second-order valence-corrected chi connectivity index (χ2v) is 8.51. The molecule has 0 bridgehead atoms. The van der Waals surface area contributed by atoms with Crippen molar-refractivity contribution in [1.82, 2.24) is 19.1 Å². The Balaban J connectivity index is 1.85. The van der Waals surface area contributed by atoms with Gasteiger partial charge in [0.15, 0.2) is 5.65 Å². The first-order chi connectivity index (χ1) is 13.5.